The minimum Gasteiger partial charge on any atom is -0.355 e. The standard InChI is InChI=1S/C18H26N2O2/c1-13(2)12-19-16(21)18(3,4)17(22)20-11-7-9-14-8-5-6-10-15(14)20/h5-6,8,10,13H,7,9,11-12H2,1-4H3,(H,19,21). The molecule has 4 nitrogen and oxygen atoms in total. The number of aryl methyl sites for hydroxylation is 1. The maximum Gasteiger partial charge on any atom is 0.242 e. The summed E-state index contributed by atoms with van der Waals surface area (Å²) in [6, 6.07) is 7.96. The van der Waals surface area contributed by atoms with Crippen LogP contribution < -0.4 is 10.2 Å². The van der Waals surface area contributed by atoms with Crippen molar-refractivity contribution >= 4 is 17.5 Å². The number of nitrogens with zero attached hydrogens (tertiary/aromatic N) is 1. The summed E-state index contributed by atoms with van der Waals surface area (Å²) in [7, 11) is 0. The number of nitrogens with one attached hydrogen (secondary N) is 1. The van der Waals surface area contributed by atoms with Gasteiger partial charge in [0, 0.05) is 18.8 Å². The fourth-order valence-electron chi connectivity index (χ4n) is 2.70. The quantitative estimate of drug-likeness (QED) is 0.870. The predicted octanol–water partition coefficient (Wildman–Crippen LogP) is 2.76. The molecule has 4 heteroatoms. The second-order valence-corrected chi connectivity index (χ2v) is 6.92. The molecule has 2 rings (SSSR count). The Kier molecular flexibility index (Phi) is 4.89. The lowest BCUT2D eigenvalue weighted by atomic mass is 9.88. The molecule has 1 aromatic rings. The fourth-order valence-corrected chi connectivity index (χ4v) is 2.70. The number of amides is 2. The van der Waals surface area contributed by atoms with Gasteiger partial charge in [0.25, 0.3) is 0 Å². The lowest BCUT2D eigenvalue weighted by molar-refractivity contribution is -0.139. The molecular weight excluding hydrogens is 276 g/mol. The second kappa shape index (κ2) is 6.51. The summed E-state index contributed by atoms with van der Waals surface area (Å²) < 4.78 is 0. The molecule has 0 aromatic heterocycles. The first-order chi connectivity index (χ1) is 10.3. The molecule has 1 heterocycles. The Morgan fingerprint density at radius 1 is 1.27 bits per heavy atom. The summed E-state index contributed by atoms with van der Waals surface area (Å²) in [5, 5.41) is 2.88. The second-order valence-electron chi connectivity index (χ2n) is 6.92. The van der Waals surface area contributed by atoms with Gasteiger partial charge in [-0.1, -0.05) is 32.0 Å². The maximum absolute atomic E-state index is 12.9. The van der Waals surface area contributed by atoms with Gasteiger partial charge in [0.2, 0.25) is 11.8 Å². The molecule has 0 fully saturated rings. The Morgan fingerprint density at radius 3 is 2.64 bits per heavy atom. The predicted molar refractivity (Wildman–Crippen MR) is 88.7 cm³/mol. The van der Waals surface area contributed by atoms with E-state index in [-0.39, 0.29) is 11.8 Å². The Balaban J connectivity index is 2.19. The molecular formula is C18H26N2O2. The third kappa shape index (κ3) is 3.32. The fraction of sp³-hybridized carbons (Fsp3) is 0.556. The van der Waals surface area contributed by atoms with Gasteiger partial charge >= 0.3 is 0 Å². The van der Waals surface area contributed by atoms with Gasteiger partial charge in [-0.25, -0.2) is 0 Å². The highest BCUT2D eigenvalue weighted by atomic mass is 16.2. The van der Waals surface area contributed by atoms with Crippen LogP contribution in [-0.2, 0) is 16.0 Å². The van der Waals surface area contributed by atoms with Gasteiger partial charge in [-0.05, 0) is 44.2 Å². The van der Waals surface area contributed by atoms with Crippen LogP contribution in [0.5, 0.6) is 0 Å². The van der Waals surface area contributed by atoms with Crippen LogP contribution in [0.4, 0.5) is 5.69 Å². The zero-order chi connectivity index (χ0) is 16.3. The Hall–Kier alpha value is -1.84. The van der Waals surface area contributed by atoms with Gasteiger partial charge in [0.05, 0.1) is 0 Å². The van der Waals surface area contributed by atoms with Crippen molar-refractivity contribution in [3.8, 4) is 0 Å². The normalized spacial score (nSPS) is 14.7. The maximum atomic E-state index is 12.9. The molecule has 0 atom stereocenters. The van der Waals surface area contributed by atoms with E-state index >= 15 is 0 Å². The third-order valence-electron chi connectivity index (χ3n) is 4.13. The smallest absolute Gasteiger partial charge is 0.242 e. The first-order valence-corrected chi connectivity index (χ1v) is 8.02. The summed E-state index contributed by atoms with van der Waals surface area (Å²) in [5.41, 5.74) is 1.07. The van der Waals surface area contributed by atoms with Gasteiger partial charge in [0.15, 0.2) is 0 Å². The van der Waals surface area contributed by atoms with E-state index in [2.05, 4.69) is 11.4 Å². The molecule has 0 saturated carbocycles. The zero-order valence-electron chi connectivity index (χ0n) is 14.0. The van der Waals surface area contributed by atoms with Crippen molar-refractivity contribution in [1.29, 1.82) is 0 Å². The van der Waals surface area contributed by atoms with Gasteiger partial charge in [0.1, 0.15) is 5.41 Å². The molecule has 0 spiro atoms. The van der Waals surface area contributed by atoms with Crippen LogP contribution in [0.1, 0.15) is 39.7 Å². The SMILES string of the molecule is CC(C)CNC(=O)C(C)(C)C(=O)N1CCCc2ccccc21. The number of benzene rings is 1. The van der Waals surface area contributed by atoms with Crippen molar-refractivity contribution in [3.63, 3.8) is 0 Å². The van der Waals surface area contributed by atoms with E-state index in [1.807, 2.05) is 32.0 Å². The minimum absolute atomic E-state index is 0.124. The number of hydrogen-bond acceptors (Lipinski definition) is 2. The highest BCUT2D eigenvalue weighted by molar-refractivity contribution is 6.11. The van der Waals surface area contributed by atoms with Crippen LogP contribution in [0.3, 0.4) is 0 Å². The van der Waals surface area contributed by atoms with E-state index in [1.165, 1.54) is 5.56 Å². The molecule has 1 aliphatic heterocycles. The van der Waals surface area contributed by atoms with Crippen molar-refractivity contribution in [1.82, 2.24) is 5.32 Å². The lowest BCUT2D eigenvalue weighted by Crippen LogP contribution is -2.51. The van der Waals surface area contributed by atoms with Gasteiger partial charge in [-0.3, -0.25) is 9.59 Å². The number of fused-ring (bicyclic) bond motifs is 1. The highest BCUT2D eigenvalue weighted by Gasteiger charge is 2.40. The number of anilines is 1. The van der Waals surface area contributed by atoms with E-state index in [9.17, 15) is 9.59 Å². The summed E-state index contributed by atoms with van der Waals surface area (Å²) in [5.74, 6) is 0.0423. The van der Waals surface area contributed by atoms with Crippen molar-refractivity contribution in [2.45, 2.75) is 40.5 Å². The first kappa shape index (κ1) is 16.5. The molecule has 1 aromatic carbocycles. The topological polar surface area (TPSA) is 49.4 Å². The van der Waals surface area contributed by atoms with E-state index in [4.69, 9.17) is 0 Å². The molecule has 0 radical (unpaired) electrons. The molecule has 0 saturated heterocycles. The molecule has 0 unspecified atom stereocenters. The average molecular weight is 302 g/mol. The number of hydrogen-bond donors (Lipinski definition) is 1. The van der Waals surface area contributed by atoms with E-state index in [1.54, 1.807) is 18.7 Å². The van der Waals surface area contributed by atoms with Crippen molar-refractivity contribution in [3.05, 3.63) is 29.8 Å². The number of para-hydroxylation sites is 1. The van der Waals surface area contributed by atoms with Crippen LogP contribution in [-0.4, -0.2) is 24.9 Å². The summed E-state index contributed by atoms with van der Waals surface area (Å²) in [6.45, 7) is 8.76. The minimum atomic E-state index is -1.06. The average Bonchev–Trinajstić information content (AvgIpc) is 2.51. The van der Waals surface area contributed by atoms with Crippen LogP contribution in [0.25, 0.3) is 0 Å². The van der Waals surface area contributed by atoms with Crippen LogP contribution >= 0.6 is 0 Å². The lowest BCUT2D eigenvalue weighted by Gasteiger charge is -2.35. The van der Waals surface area contributed by atoms with E-state index in [0.717, 1.165) is 18.5 Å². The molecule has 0 bridgehead atoms. The van der Waals surface area contributed by atoms with Crippen molar-refractivity contribution in [2.24, 2.45) is 11.3 Å². The van der Waals surface area contributed by atoms with Crippen molar-refractivity contribution < 1.29 is 9.59 Å². The molecule has 1 N–H and O–H groups in total. The van der Waals surface area contributed by atoms with Crippen LogP contribution in [0.15, 0.2) is 24.3 Å². The third-order valence-corrected chi connectivity index (χ3v) is 4.13. The number of carbonyl (C=O) groups is 2. The molecule has 22 heavy (non-hydrogen) atoms. The monoisotopic (exact) mass is 302 g/mol. The van der Waals surface area contributed by atoms with Gasteiger partial charge in [-0.15, -0.1) is 0 Å². The first-order valence-electron chi connectivity index (χ1n) is 8.02. The molecule has 0 aliphatic carbocycles. The number of rotatable bonds is 4. The molecule has 120 valence electrons. The van der Waals surface area contributed by atoms with Gasteiger partial charge in [-0.2, -0.15) is 0 Å². The van der Waals surface area contributed by atoms with E-state index < -0.39 is 5.41 Å². The van der Waals surface area contributed by atoms with Crippen LogP contribution in [0.2, 0.25) is 0 Å². The number of carbonyl (C=O) groups excluding carboxylic acids is 2. The Bertz CT molecular complexity index is 564. The Morgan fingerprint density at radius 2 is 1.95 bits per heavy atom. The van der Waals surface area contributed by atoms with E-state index in [0.29, 0.717) is 19.0 Å². The molecule has 1 aliphatic rings. The summed E-state index contributed by atoms with van der Waals surface area (Å²) in [6.07, 6.45) is 1.92. The summed E-state index contributed by atoms with van der Waals surface area (Å²) in [4.78, 5) is 27.1. The Labute approximate surface area is 132 Å². The van der Waals surface area contributed by atoms with Crippen LogP contribution in [0, 0.1) is 11.3 Å². The van der Waals surface area contributed by atoms with Crippen molar-refractivity contribution in [2.75, 3.05) is 18.0 Å². The zero-order valence-corrected chi connectivity index (χ0v) is 14.0. The van der Waals surface area contributed by atoms with Gasteiger partial charge < -0.3 is 10.2 Å². The molecule has 2 amide bonds. The summed E-state index contributed by atoms with van der Waals surface area (Å²) >= 11 is 0. The highest BCUT2D eigenvalue weighted by Crippen LogP contribution is 2.31. The largest absolute Gasteiger partial charge is 0.355 e.